The predicted molar refractivity (Wildman–Crippen MR) is 120 cm³/mol. The van der Waals surface area contributed by atoms with Crippen molar-refractivity contribution in [1.82, 2.24) is 14.9 Å². The number of hydrogen-bond acceptors (Lipinski definition) is 7. The molecule has 0 aliphatic carbocycles. The smallest absolute Gasteiger partial charge is 0.320 e. The molecule has 162 valence electrons. The molecule has 2 aromatic carbocycles. The van der Waals surface area contributed by atoms with E-state index in [0.717, 1.165) is 47.6 Å². The van der Waals surface area contributed by atoms with Gasteiger partial charge in [0.25, 0.3) is 0 Å². The third kappa shape index (κ3) is 3.85. The maximum absolute atomic E-state index is 10.5. The summed E-state index contributed by atoms with van der Waals surface area (Å²) in [4.78, 5) is 13.5. The van der Waals surface area contributed by atoms with Gasteiger partial charge in [-0.2, -0.15) is 9.97 Å². The lowest BCUT2D eigenvalue weighted by Crippen LogP contribution is -2.32. The van der Waals surface area contributed by atoms with Gasteiger partial charge in [0.05, 0.1) is 19.3 Å². The number of benzene rings is 2. The molecule has 0 amide bonds. The lowest BCUT2D eigenvalue weighted by atomic mass is 10.0. The molecule has 3 aromatic rings. The van der Waals surface area contributed by atoms with Gasteiger partial charge in [-0.15, -0.1) is 0 Å². The van der Waals surface area contributed by atoms with Crippen LogP contribution < -0.4 is 14.4 Å². The Hall–Kier alpha value is -3.06. The quantitative estimate of drug-likeness (QED) is 0.678. The summed E-state index contributed by atoms with van der Waals surface area (Å²) in [7, 11) is 3.80. The van der Waals surface area contributed by atoms with Gasteiger partial charge < -0.3 is 24.4 Å². The molecule has 0 bridgehead atoms. The van der Waals surface area contributed by atoms with Crippen LogP contribution in [0.4, 0.5) is 5.69 Å². The Morgan fingerprint density at radius 2 is 2.03 bits per heavy atom. The Kier molecular flexibility index (Phi) is 5.28. The fourth-order valence-corrected chi connectivity index (χ4v) is 4.66. The summed E-state index contributed by atoms with van der Waals surface area (Å²) in [5.41, 5.74) is 2.74. The normalized spacial score (nSPS) is 18.9. The van der Waals surface area contributed by atoms with Crippen molar-refractivity contribution in [3.63, 3.8) is 0 Å². The minimum atomic E-state index is 0.0370. The van der Waals surface area contributed by atoms with Gasteiger partial charge in [-0.25, -0.2) is 0 Å². The molecule has 1 fully saturated rings. The molecule has 1 aromatic heterocycles. The van der Waals surface area contributed by atoms with Gasteiger partial charge >= 0.3 is 6.01 Å². The van der Waals surface area contributed by atoms with E-state index in [9.17, 15) is 5.11 Å². The second-order valence-electron chi connectivity index (χ2n) is 8.38. The van der Waals surface area contributed by atoms with Crippen LogP contribution in [0.2, 0.25) is 0 Å². The standard InChI is InChI=1S/C24H28N4O3/c1-27-10-5-7-17(27)15-31-24-25-21-14-28(11-9-20(21)23(29)26-24)22-13-18(30-2)12-16-6-3-4-8-19(16)22/h3-4,6,8,12-13,17H,5,7,9-11,14-15H2,1-2H3,(H,25,26,29)/t17-/m0/s1. The molecule has 2 aliphatic heterocycles. The number of aromatic hydroxyl groups is 1. The molecule has 7 heteroatoms. The molecule has 0 saturated carbocycles. The van der Waals surface area contributed by atoms with Crippen LogP contribution in [0.15, 0.2) is 36.4 Å². The van der Waals surface area contributed by atoms with Crippen molar-refractivity contribution >= 4 is 16.5 Å². The van der Waals surface area contributed by atoms with E-state index in [0.29, 0.717) is 25.6 Å². The van der Waals surface area contributed by atoms with E-state index in [1.54, 1.807) is 7.11 Å². The van der Waals surface area contributed by atoms with E-state index in [1.807, 2.05) is 6.07 Å². The summed E-state index contributed by atoms with van der Waals surface area (Å²) in [5.74, 6) is 0.865. The van der Waals surface area contributed by atoms with Gasteiger partial charge in [-0.3, -0.25) is 0 Å². The first kappa shape index (κ1) is 19.9. The molecule has 1 N–H and O–H groups in total. The van der Waals surface area contributed by atoms with E-state index in [4.69, 9.17) is 9.47 Å². The summed E-state index contributed by atoms with van der Waals surface area (Å²) in [5, 5.41) is 12.8. The van der Waals surface area contributed by atoms with E-state index < -0.39 is 0 Å². The van der Waals surface area contributed by atoms with Crippen LogP contribution in [-0.2, 0) is 13.0 Å². The highest BCUT2D eigenvalue weighted by molar-refractivity contribution is 5.95. The molecule has 0 unspecified atom stereocenters. The second-order valence-corrected chi connectivity index (χ2v) is 8.38. The molecule has 2 aliphatic rings. The van der Waals surface area contributed by atoms with Gasteiger partial charge in [0.1, 0.15) is 12.4 Å². The topological polar surface area (TPSA) is 71.0 Å². The lowest BCUT2D eigenvalue weighted by Gasteiger charge is -2.31. The van der Waals surface area contributed by atoms with Crippen molar-refractivity contribution in [1.29, 1.82) is 0 Å². The first-order valence-corrected chi connectivity index (χ1v) is 10.9. The zero-order chi connectivity index (χ0) is 21.4. The molecular weight excluding hydrogens is 392 g/mol. The van der Waals surface area contributed by atoms with Crippen molar-refractivity contribution in [2.75, 3.05) is 38.8 Å². The highest BCUT2D eigenvalue weighted by Gasteiger charge is 2.26. The Morgan fingerprint density at radius 3 is 2.84 bits per heavy atom. The zero-order valence-electron chi connectivity index (χ0n) is 18.0. The molecule has 31 heavy (non-hydrogen) atoms. The number of likely N-dealkylation sites (tertiary alicyclic amines) is 1. The molecule has 0 spiro atoms. The number of nitrogens with zero attached hydrogens (tertiary/aromatic N) is 4. The summed E-state index contributed by atoms with van der Waals surface area (Å²) in [6, 6.07) is 13.1. The van der Waals surface area contributed by atoms with Crippen LogP contribution in [-0.4, -0.2) is 59.9 Å². The Balaban J connectivity index is 1.42. The number of fused-ring (bicyclic) bond motifs is 2. The Morgan fingerprint density at radius 1 is 1.16 bits per heavy atom. The number of methoxy groups -OCH3 is 1. The number of rotatable bonds is 5. The van der Waals surface area contributed by atoms with Gasteiger partial charge in [0.15, 0.2) is 0 Å². The molecule has 1 saturated heterocycles. The minimum Gasteiger partial charge on any atom is -0.497 e. The molecule has 3 heterocycles. The number of aromatic nitrogens is 2. The Labute approximate surface area is 182 Å². The number of anilines is 1. The monoisotopic (exact) mass is 420 g/mol. The van der Waals surface area contributed by atoms with Crippen LogP contribution in [0.25, 0.3) is 10.8 Å². The summed E-state index contributed by atoms with van der Waals surface area (Å²) in [6.45, 7) is 2.99. The zero-order valence-corrected chi connectivity index (χ0v) is 18.0. The summed E-state index contributed by atoms with van der Waals surface area (Å²) < 4.78 is 11.4. The molecule has 5 rings (SSSR count). The highest BCUT2D eigenvalue weighted by Crippen LogP contribution is 2.36. The maximum Gasteiger partial charge on any atom is 0.320 e. The van der Waals surface area contributed by atoms with Crippen molar-refractivity contribution < 1.29 is 14.6 Å². The molecule has 1 atom stereocenters. The van der Waals surface area contributed by atoms with Crippen LogP contribution in [0.5, 0.6) is 17.6 Å². The van der Waals surface area contributed by atoms with Crippen LogP contribution in [0.3, 0.4) is 0 Å². The third-order valence-electron chi connectivity index (χ3n) is 6.49. The maximum atomic E-state index is 10.5. The van der Waals surface area contributed by atoms with E-state index in [2.05, 4.69) is 57.1 Å². The third-order valence-corrected chi connectivity index (χ3v) is 6.49. The fourth-order valence-electron chi connectivity index (χ4n) is 4.66. The van der Waals surface area contributed by atoms with E-state index >= 15 is 0 Å². The van der Waals surface area contributed by atoms with Gasteiger partial charge in [-0.05, 0) is 44.3 Å². The first-order valence-electron chi connectivity index (χ1n) is 10.9. The Bertz CT molecular complexity index is 1100. The van der Waals surface area contributed by atoms with Crippen molar-refractivity contribution in [3.05, 3.63) is 47.7 Å². The minimum absolute atomic E-state index is 0.0370. The van der Waals surface area contributed by atoms with Crippen molar-refractivity contribution in [2.45, 2.75) is 31.8 Å². The number of hydrogen-bond donors (Lipinski definition) is 1. The van der Waals surface area contributed by atoms with Crippen LogP contribution in [0, 0.1) is 0 Å². The van der Waals surface area contributed by atoms with Gasteiger partial charge in [-0.1, -0.05) is 24.3 Å². The van der Waals surface area contributed by atoms with Crippen molar-refractivity contribution in [2.24, 2.45) is 0 Å². The van der Waals surface area contributed by atoms with Crippen molar-refractivity contribution in [3.8, 4) is 17.6 Å². The van der Waals surface area contributed by atoms with Crippen LogP contribution >= 0.6 is 0 Å². The van der Waals surface area contributed by atoms with E-state index in [1.165, 1.54) is 11.8 Å². The van der Waals surface area contributed by atoms with Crippen LogP contribution in [0.1, 0.15) is 24.1 Å². The number of ether oxygens (including phenoxy) is 2. The summed E-state index contributed by atoms with van der Waals surface area (Å²) >= 11 is 0. The fraction of sp³-hybridized carbons (Fsp3) is 0.417. The highest BCUT2D eigenvalue weighted by atomic mass is 16.5. The summed E-state index contributed by atoms with van der Waals surface area (Å²) in [6.07, 6.45) is 2.98. The van der Waals surface area contributed by atoms with E-state index in [-0.39, 0.29) is 11.9 Å². The molecule has 7 nitrogen and oxygen atoms in total. The molecule has 0 radical (unpaired) electrons. The van der Waals surface area contributed by atoms with Gasteiger partial charge in [0, 0.05) is 35.3 Å². The largest absolute Gasteiger partial charge is 0.497 e. The first-order chi connectivity index (χ1) is 15.1. The average Bonchev–Trinajstić information content (AvgIpc) is 3.21. The molecular formula is C24H28N4O3. The number of likely N-dealkylation sites (N-methyl/N-ethyl adjacent to an activating group) is 1. The lowest BCUT2D eigenvalue weighted by molar-refractivity contribution is 0.185. The van der Waals surface area contributed by atoms with Gasteiger partial charge in [0.2, 0.25) is 5.88 Å². The SMILES string of the molecule is COc1cc(N2CCc3c(O)nc(OC[C@@H]4CCCN4C)nc3C2)c2ccccc2c1. The predicted octanol–water partition coefficient (Wildman–Crippen LogP) is 3.38. The second kappa shape index (κ2) is 8.23. The average molecular weight is 421 g/mol.